The Kier molecular flexibility index (Phi) is 4.57. The number of nitrogens with zero attached hydrogens (tertiary/aromatic N) is 1. The summed E-state index contributed by atoms with van der Waals surface area (Å²) in [6, 6.07) is 0.310. The van der Waals surface area contributed by atoms with Crippen LogP contribution in [0.4, 0.5) is 4.79 Å². The van der Waals surface area contributed by atoms with Crippen LogP contribution in [0.2, 0.25) is 0 Å². The van der Waals surface area contributed by atoms with Crippen molar-refractivity contribution in [3.05, 3.63) is 12.7 Å². The second-order valence-electron chi connectivity index (χ2n) is 5.64. The molecule has 0 saturated carbocycles. The van der Waals surface area contributed by atoms with E-state index in [1.807, 2.05) is 26.8 Å². The smallest absolute Gasteiger partial charge is 0.410 e. The number of hydrogen-bond acceptors (Lipinski definition) is 3. The third-order valence-electron chi connectivity index (χ3n) is 2.82. The van der Waals surface area contributed by atoms with Crippen LogP contribution in [-0.2, 0) is 4.74 Å². The van der Waals surface area contributed by atoms with Gasteiger partial charge in [0.1, 0.15) is 5.60 Å². The Bertz CT molecular complexity index is 284. The van der Waals surface area contributed by atoms with Crippen LogP contribution in [0.15, 0.2) is 12.7 Å². The lowest BCUT2D eigenvalue weighted by Gasteiger charge is -2.38. The molecule has 98 valence electrons. The van der Waals surface area contributed by atoms with Gasteiger partial charge in [0.15, 0.2) is 0 Å². The van der Waals surface area contributed by atoms with Crippen LogP contribution in [0, 0.1) is 0 Å². The average molecular weight is 240 g/mol. The van der Waals surface area contributed by atoms with Crippen LogP contribution in [0.25, 0.3) is 0 Å². The molecule has 1 aliphatic rings. The van der Waals surface area contributed by atoms with Crippen molar-refractivity contribution in [2.24, 2.45) is 5.73 Å². The maximum atomic E-state index is 12.0. The van der Waals surface area contributed by atoms with Crippen LogP contribution in [0.5, 0.6) is 0 Å². The highest BCUT2D eigenvalue weighted by Crippen LogP contribution is 2.22. The van der Waals surface area contributed by atoms with Crippen molar-refractivity contribution < 1.29 is 9.53 Å². The van der Waals surface area contributed by atoms with Gasteiger partial charge in [-0.05, 0) is 40.0 Å². The molecular weight excluding hydrogens is 216 g/mol. The number of carbonyl (C=O) groups is 1. The first-order chi connectivity index (χ1) is 7.83. The van der Waals surface area contributed by atoms with Crippen molar-refractivity contribution in [2.45, 2.75) is 57.7 Å². The van der Waals surface area contributed by atoms with Crippen LogP contribution in [0.3, 0.4) is 0 Å². The lowest BCUT2D eigenvalue weighted by Crippen LogP contribution is -2.50. The maximum absolute atomic E-state index is 12.0. The maximum Gasteiger partial charge on any atom is 0.410 e. The highest BCUT2D eigenvalue weighted by Gasteiger charge is 2.32. The SMILES string of the molecule is C=CCC1CC(N)CCN1C(=O)OC(C)(C)C. The molecule has 1 saturated heterocycles. The molecule has 0 bridgehead atoms. The van der Waals surface area contributed by atoms with Crippen LogP contribution >= 0.6 is 0 Å². The quantitative estimate of drug-likeness (QED) is 0.753. The minimum atomic E-state index is -0.449. The van der Waals surface area contributed by atoms with E-state index in [9.17, 15) is 4.79 Å². The summed E-state index contributed by atoms with van der Waals surface area (Å²) in [4.78, 5) is 13.8. The number of carbonyl (C=O) groups excluding carboxylic acids is 1. The number of nitrogens with two attached hydrogens (primary N) is 1. The number of amides is 1. The predicted octanol–water partition coefficient (Wildman–Crippen LogP) is 2.29. The Balaban J connectivity index is 2.65. The predicted molar refractivity (Wildman–Crippen MR) is 68.8 cm³/mol. The van der Waals surface area contributed by atoms with Gasteiger partial charge < -0.3 is 15.4 Å². The van der Waals surface area contributed by atoms with Crippen molar-refractivity contribution in [3.8, 4) is 0 Å². The fourth-order valence-corrected chi connectivity index (χ4v) is 2.06. The molecule has 1 fully saturated rings. The highest BCUT2D eigenvalue weighted by atomic mass is 16.6. The minimum absolute atomic E-state index is 0.131. The van der Waals surface area contributed by atoms with Crippen LogP contribution in [-0.4, -0.2) is 35.2 Å². The second kappa shape index (κ2) is 5.54. The van der Waals surface area contributed by atoms with E-state index in [0.29, 0.717) is 6.54 Å². The van der Waals surface area contributed by atoms with Gasteiger partial charge in [-0.3, -0.25) is 0 Å². The zero-order valence-corrected chi connectivity index (χ0v) is 11.1. The Labute approximate surface area is 104 Å². The van der Waals surface area contributed by atoms with Gasteiger partial charge in [0.25, 0.3) is 0 Å². The van der Waals surface area contributed by atoms with Crippen molar-refractivity contribution in [3.63, 3.8) is 0 Å². The van der Waals surface area contributed by atoms with E-state index in [2.05, 4.69) is 6.58 Å². The van der Waals surface area contributed by atoms with E-state index in [0.717, 1.165) is 19.3 Å². The molecule has 4 heteroatoms. The van der Waals surface area contributed by atoms with Crippen molar-refractivity contribution >= 4 is 6.09 Å². The summed E-state index contributed by atoms with van der Waals surface area (Å²) >= 11 is 0. The first-order valence-electron chi connectivity index (χ1n) is 6.19. The van der Waals surface area contributed by atoms with Gasteiger partial charge in [-0.25, -0.2) is 4.79 Å². The van der Waals surface area contributed by atoms with Crippen LogP contribution < -0.4 is 5.73 Å². The van der Waals surface area contributed by atoms with E-state index in [1.165, 1.54) is 0 Å². The van der Waals surface area contributed by atoms with E-state index in [1.54, 1.807) is 4.90 Å². The normalized spacial score (nSPS) is 25.5. The molecule has 1 rings (SSSR count). The van der Waals surface area contributed by atoms with Gasteiger partial charge in [0.05, 0.1) is 0 Å². The molecule has 0 aliphatic carbocycles. The molecule has 2 N–H and O–H groups in total. The zero-order valence-electron chi connectivity index (χ0n) is 11.1. The monoisotopic (exact) mass is 240 g/mol. The highest BCUT2D eigenvalue weighted by molar-refractivity contribution is 5.68. The molecule has 0 spiro atoms. The summed E-state index contributed by atoms with van der Waals surface area (Å²) in [5.41, 5.74) is 5.48. The number of likely N-dealkylation sites (tertiary alicyclic amines) is 1. The zero-order chi connectivity index (χ0) is 13.1. The summed E-state index contributed by atoms with van der Waals surface area (Å²) < 4.78 is 5.40. The number of piperidine rings is 1. The molecule has 4 nitrogen and oxygen atoms in total. The third kappa shape index (κ3) is 4.38. The largest absolute Gasteiger partial charge is 0.444 e. The Hall–Kier alpha value is -1.03. The molecule has 1 amide bonds. The van der Waals surface area contributed by atoms with Crippen molar-refractivity contribution in [1.82, 2.24) is 4.90 Å². The molecule has 2 unspecified atom stereocenters. The topological polar surface area (TPSA) is 55.6 Å². The van der Waals surface area contributed by atoms with Gasteiger partial charge in [0, 0.05) is 18.6 Å². The summed E-state index contributed by atoms with van der Waals surface area (Å²) in [5.74, 6) is 0. The molecule has 1 aliphatic heterocycles. The molecule has 0 aromatic rings. The second-order valence-corrected chi connectivity index (χ2v) is 5.64. The van der Waals surface area contributed by atoms with E-state index in [-0.39, 0.29) is 18.2 Å². The van der Waals surface area contributed by atoms with E-state index < -0.39 is 5.60 Å². The molecule has 2 atom stereocenters. The lowest BCUT2D eigenvalue weighted by atomic mass is 9.96. The summed E-state index contributed by atoms with van der Waals surface area (Å²) in [5, 5.41) is 0. The van der Waals surface area contributed by atoms with E-state index in [4.69, 9.17) is 10.5 Å². The number of ether oxygens (including phenoxy) is 1. The first kappa shape index (κ1) is 14.0. The first-order valence-corrected chi connectivity index (χ1v) is 6.19. The Morgan fingerprint density at radius 1 is 1.59 bits per heavy atom. The molecule has 17 heavy (non-hydrogen) atoms. The third-order valence-corrected chi connectivity index (χ3v) is 2.82. The minimum Gasteiger partial charge on any atom is -0.444 e. The fourth-order valence-electron chi connectivity index (χ4n) is 2.06. The van der Waals surface area contributed by atoms with Gasteiger partial charge in [-0.1, -0.05) is 6.08 Å². The lowest BCUT2D eigenvalue weighted by molar-refractivity contribution is 0.00876. The van der Waals surface area contributed by atoms with Gasteiger partial charge in [-0.15, -0.1) is 6.58 Å². The summed E-state index contributed by atoms with van der Waals surface area (Å²) in [7, 11) is 0. The van der Waals surface area contributed by atoms with E-state index >= 15 is 0 Å². The molecule has 1 heterocycles. The van der Waals surface area contributed by atoms with Gasteiger partial charge >= 0.3 is 6.09 Å². The number of hydrogen-bond donors (Lipinski definition) is 1. The summed E-state index contributed by atoms with van der Waals surface area (Å²) in [6.45, 7) is 10.0. The van der Waals surface area contributed by atoms with Gasteiger partial charge in [-0.2, -0.15) is 0 Å². The summed E-state index contributed by atoms with van der Waals surface area (Å²) in [6.07, 6.45) is 4.03. The van der Waals surface area contributed by atoms with Gasteiger partial charge in [0.2, 0.25) is 0 Å². The average Bonchev–Trinajstić information content (AvgIpc) is 2.15. The van der Waals surface area contributed by atoms with Crippen molar-refractivity contribution in [2.75, 3.05) is 6.54 Å². The number of rotatable bonds is 2. The fraction of sp³-hybridized carbons (Fsp3) is 0.769. The molecule has 0 aromatic heterocycles. The Morgan fingerprint density at radius 2 is 2.24 bits per heavy atom. The standard InChI is InChI=1S/C13H24N2O2/c1-5-6-11-9-10(14)7-8-15(11)12(16)17-13(2,3)4/h5,10-11H,1,6-9,14H2,2-4H3. The van der Waals surface area contributed by atoms with Crippen LogP contribution in [0.1, 0.15) is 40.0 Å². The molecule has 0 aromatic carbocycles. The Morgan fingerprint density at radius 3 is 2.76 bits per heavy atom. The molecule has 0 radical (unpaired) electrons. The van der Waals surface area contributed by atoms with Crippen molar-refractivity contribution in [1.29, 1.82) is 0 Å². The molecular formula is C13H24N2O2.